The first-order chi connectivity index (χ1) is 25.3. The largest absolute Gasteiger partial charge is 0.508 e. The molecule has 16 heteroatoms. The number of ether oxygens (including phenoxy) is 4. The molecule has 14 nitrogen and oxygen atoms in total. The molecule has 0 amide bonds. The maximum Gasteiger partial charge on any atom is 0.310 e. The van der Waals surface area contributed by atoms with Crippen molar-refractivity contribution >= 4 is 22.9 Å². The molecule has 1 aliphatic heterocycles. The average Bonchev–Trinajstić information content (AvgIpc) is 3.11. The van der Waals surface area contributed by atoms with Crippen LogP contribution in [0.3, 0.4) is 0 Å². The fourth-order valence-corrected chi connectivity index (χ4v) is 5.67. The number of phenolic OH excluding ortho intramolecular Hbond substituents is 4. The van der Waals surface area contributed by atoms with Crippen LogP contribution in [0, 0.1) is 11.6 Å². The number of aliphatic hydroxyl groups is 2. The third-order valence-electron chi connectivity index (χ3n) is 8.25. The van der Waals surface area contributed by atoms with Gasteiger partial charge in [0.05, 0.1) is 19.4 Å². The monoisotopic (exact) mass is 736 g/mol. The van der Waals surface area contributed by atoms with Crippen molar-refractivity contribution in [3.8, 4) is 40.1 Å². The van der Waals surface area contributed by atoms with Gasteiger partial charge in [0.25, 0.3) is 0 Å². The number of aliphatic hydroxyl groups excluding tert-OH is 2. The van der Waals surface area contributed by atoms with Crippen molar-refractivity contribution in [2.75, 3.05) is 6.61 Å². The van der Waals surface area contributed by atoms with E-state index in [1.54, 1.807) is 0 Å². The summed E-state index contributed by atoms with van der Waals surface area (Å²) in [7, 11) is 0. The third-order valence-corrected chi connectivity index (χ3v) is 8.25. The molecule has 6 N–H and O–H groups in total. The number of fused-ring (bicyclic) bond motifs is 1. The first kappa shape index (κ1) is 36.6. The minimum Gasteiger partial charge on any atom is -0.508 e. The zero-order valence-electron chi connectivity index (χ0n) is 27.2. The molecule has 2 unspecified atom stereocenters. The molecular formula is C37H30F2O14. The predicted octanol–water partition coefficient (Wildman–Crippen LogP) is 3.33. The summed E-state index contributed by atoms with van der Waals surface area (Å²) in [5.74, 6) is -6.76. The number of phenols is 4. The second-order valence-corrected chi connectivity index (χ2v) is 12.0. The summed E-state index contributed by atoms with van der Waals surface area (Å²) in [5, 5.41) is 61.7. The van der Waals surface area contributed by atoms with Crippen LogP contribution in [0.1, 0.15) is 11.1 Å². The molecule has 1 aliphatic rings. The minimum atomic E-state index is -1.99. The van der Waals surface area contributed by atoms with E-state index in [1.165, 1.54) is 30.3 Å². The van der Waals surface area contributed by atoms with Crippen molar-refractivity contribution in [1.29, 1.82) is 0 Å². The molecule has 0 saturated carbocycles. The van der Waals surface area contributed by atoms with E-state index in [-0.39, 0.29) is 11.1 Å². The fraction of sp³-hybridized carbons (Fsp3) is 0.216. The van der Waals surface area contributed by atoms with Crippen LogP contribution in [0.5, 0.6) is 28.7 Å². The van der Waals surface area contributed by atoms with E-state index in [0.29, 0.717) is 11.1 Å². The molecule has 0 radical (unpaired) electrons. The fourth-order valence-electron chi connectivity index (χ4n) is 5.67. The lowest BCUT2D eigenvalue weighted by Crippen LogP contribution is -2.62. The number of esters is 2. The summed E-state index contributed by atoms with van der Waals surface area (Å²) in [5.41, 5.74) is -0.893. The molecule has 276 valence electrons. The molecule has 5 atom stereocenters. The van der Waals surface area contributed by atoms with Crippen LogP contribution in [0.4, 0.5) is 8.78 Å². The standard InChI is InChI=1S/C37H30F2O14/c38-20-6-1-17(2-7-20)11-28(45)51-34-31(47)27(16-40)50-37(36(34)52-29(46)12-18-3-8-21(39)9-4-18)53-35-32(48)30-25(44)14-22(41)15-26(30)49-33(35)19-5-10-23(42)24(43)13-19/h1-10,13-15,27,31,34,36-37,40-44,47H,11-12,16H2/t27?,31-,34+,36?,37+/m1/s1. The molecule has 1 fully saturated rings. The van der Waals surface area contributed by atoms with E-state index in [9.17, 15) is 53.8 Å². The summed E-state index contributed by atoms with van der Waals surface area (Å²) >= 11 is 0. The number of carbonyl (C=O) groups is 2. The predicted molar refractivity (Wildman–Crippen MR) is 177 cm³/mol. The van der Waals surface area contributed by atoms with E-state index >= 15 is 0 Å². The summed E-state index contributed by atoms with van der Waals surface area (Å²) in [6.07, 6.45) is -10.1. The van der Waals surface area contributed by atoms with Gasteiger partial charge in [-0.15, -0.1) is 0 Å². The van der Waals surface area contributed by atoms with Gasteiger partial charge < -0.3 is 54.0 Å². The molecule has 0 aliphatic carbocycles. The van der Waals surface area contributed by atoms with Gasteiger partial charge in [-0.3, -0.25) is 14.4 Å². The summed E-state index contributed by atoms with van der Waals surface area (Å²) in [4.78, 5) is 40.6. The Morgan fingerprint density at radius 3 is 1.89 bits per heavy atom. The quantitative estimate of drug-likeness (QED) is 0.0895. The van der Waals surface area contributed by atoms with Crippen LogP contribution >= 0.6 is 0 Å². The van der Waals surface area contributed by atoms with Gasteiger partial charge in [0.1, 0.15) is 46.3 Å². The van der Waals surface area contributed by atoms with Crippen molar-refractivity contribution in [3.63, 3.8) is 0 Å². The Morgan fingerprint density at radius 2 is 1.32 bits per heavy atom. The van der Waals surface area contributed by atoms with Gasteiger partial charge in [0.15, 0.2) is 23.4 Å². The van der Waals surface area contributed by atoms with Crippen molar-refractivity contribution in [2.24, 2.45) is 0 Å². The van der Waals surface area contributed by atoms with Gasteiger partial charge >= 0.3 is 11.9 Å². The number of rotatable bonds is 10. The van der Waals surface area contributed by atoms with Gasteiger partial charge in [0.2, 0.25) is 23.6 Å². The van der Waals surface area contributed by atoms with E-state index < -0.39 is 119 Å². The molecule has 6 rings (SSSR count). The van der Waals surface area contributed by atoms with Crippen LogP contribution in [0.25, 0.3) is 22.3 Å². The lowest BCUT2D eigenvalue weighted by atomic mass is 9.98. The highest BCUT2D eigenvalue weighted by Crippen LogP contribution is 2.40. The van der Waals surface area contributed by atoms with Crippen molar-refractivity contribution in [1.82, 2.24) is 0 Å². The number of hydrogen-bond acceptors (Lipinski definition) is 14. The summed E-state index contributed by atoms with van der Waals surface area (Å²) in [6.45, 7) is -0.908. The molecule has 4 aromatic carbocycles. The normalized spacial score (nSPS) is 19.8. The van der Waals surface area contributed by atoms with Gasteiger partial charge in [-0.05, 0) is 53.6 Å². The van der Waals surface area contributed by atoms with Crippen LogP contribution in [0.2, 0.25) is 0 Å². The number of benzene rings is 4. The highest BCUT2D eigenvalue weighted by atomic mass is 19.1. The highest BCUT2D eigenvalue weighted by Gasteiger charge is 2.51. The Morgan fingerprint density at radius 1 is 0.736 bits per heavy atom. The Hall–Kier alpha value is -6.23. The smallest absolute Gasteiger partial charge is 0.310 e. The molecule has 0 spiro atoms. The molecule has 1 saturated heterocycles. The van der Waals surface area contributed by atoms with Gasteiger partial charge in [-0.2, -0.15) is 0 Å². The number of carbonyl (C=O) groups excluding carboxylic acids is 2. The van der Waals surface area contributed by atoms with Gasteiger partial charge in [-0.1, -0.05) is 24.3 Å². The molecule has 1 aromatic heterocycles. The van der Waals surface area contributed by atoms with Crippen LogP contribution in [0.15, 0.2) is 88.1 Å². The number of halogens is 2. The van der Waals surface area contributed by atoms with Gasteiger partial charge in [-0.25, -0.2) is 8.78 Å². The van der Waals surface area contributed by atoms with Crippen LogP contribution in [-0.4, -0.2) is 79.9 Å². The second kappa shape index (κ2) is 15.2. The SMILES string of the molecule is O=C(Cc1ccc(F)cc1)OC1[C@H](Oc2c(-c3ccc(O)c(O)c3)oc3cc(O)cc(O)c3c2=O)OC(CO)[C@@H](O)[C@@H]1OC(=O)Cc1ccc(F)cc1. The Bertz CT molecular complexity index is 2200. The molecule has 5 aromatic rings. The van der Waals surface area contributed by atoms with Gasteiger partial charge in [0, 0.05) is 17.7 Å². The van der Waals surface area contributed by atoms with Crippen LogP contribution < -0.4 is 10.2 Å². The lowest BCUT2D eigenvalue weighted by molar-refractivity contribution is -0.285. The molecule has 0 bridgehead atoms. The summed E-state index contributed by atoms with van der Waals surface area (Å²) < 4.78 is 55.9. The topological polar surface area (TPSA) is 223 Å². The first-order valence-corrected chi connectivity index (χ1v) is 15.8. The van der Waals surface area contributed by atoms with Crippen molar-refractivity contribution < 1.29 is 72.4 Å². The molecule has 2 heterocycles. The number of aromatic hydroxyl groups is 4. The van der Waals surface area contributed by atoms with Crippen molar-refractivity contribution in [2.45, 2.75) is 43.5 Å². The molecular weight excluding hydrogens is 706 g/mol. The van der Waals surface area contributed by atoms with E-state index in [2.05, 4.69) is 0 Å². The van der Waals surface area contributed by atoms with E-state index in [1.807, 2.05) is 0 Å². The minimum absolute atomic E-state index is 0.0844. The molecule has 53 heavy (non-hydrogen) atoms. The van der Waals surface area contributed by atoms with E-state index in [4.69, 9.17) is 23.4 Å². The third kappa shape index (κ3) is 7.99. The maximum absolute atomic E-state index is 14.0. The number of hydrogen-bond donors (Lipinski definition) is 6. The summed E-state index contributed by atoms with van der Waals surface area (Å²) in [6, 6.07) is 14.8. The Kier molecular flexibility index (Phi) is 10.5. The zero-order valence-corrected chi connectivity index (χ0v) is 27.2. The zero-order chi connectivity index (χ0) is 38.0. The lowest BCUT2D eigenvalue weighted by Gasteiger charge is -2.42. The Labute approximate surface area is 297 Å². The van der Waals surface area contributed by atoms with Crippen LogP contribution in [-0.2, 0) is 36.6 Å². The van der Waals surface area contributed by atoms with E-state index in [0.717, 1.165) is 48.5 Å². The average molecular weight is 737 g/mol. The highest BCUT2D eigenvalue weighted by molar-refractivity contribution is 5.88. The maximum atomic E-state index is 14.0. The first-order valence-electron chi connectivity index (χ1n) is 15.8. The second-order valence-electron chi connectivity index (χ2n) is 12.0. The Balaban J connectivity index is 1.44. The van der Waals surface area contributed by atoms with Crippen molar-refractivity contribution in [3.05, 3.63) is 112 Å².